The summed E-state index contributed by atoms with van der Waals surface area (Å²) in [6.45, 7) is 1.19. The van der Waals surface area contributed by atoms with Crippen molar-refractivity contribution in [1.29, 1.82) is 5.26 Å². The normalized spacial score (nSPS) is 15.9. The number of benzene rings is 1. The molecule has 0 aromatic heterocycles. The molecule has 5 nitrogen and oxygen atoms in total. The van der Waals surface area contributed by atoms with E-state index in [1.165, 1.54) is 12.1 Å². The lowest BCUT2D eigenvalue weighted by molar-refractivity contribution is 0.193. The third-order valence-electron chi connectivity index (χ3n) is 3.27. The first-order chi connectivity index (χ1) is 9.10. The van der Waals surface area contributed by atoms with Crippen molar-refractivity contribution in [1.82, 2.24) is 4.90 Å². The van der Waals surface area contributed by atoms with Crippen LogP contribution in [-0.2, 0) is 0 Å². The van der Waals surface area contributed by atoms with Crippen molar-refractivity contribution in [2.45, 2.75) is 18.9 Å². The molecule has 3 N–H and O–H groups in total. The van der Waals surface area contributed by atoms with Gasteiger partial charge in [-0.1, -0.05) is 0 Å². The number of hydrogen-bond acceptors (Lipinski definition) is 3. The van der Waals surface area contributed by atoms with Crippen LogP contribution in [0.1, 0.15) is 18.4 Å². The van der Waals surface area contributed by atoms with E-state index >= 15 is 0 Å². The van der Waals surface area contributed by atoms with Crippen molar-refractivity contribution in [3.8, 4) is 6.07 Å². The molecule has 0 saturated carbocycles. The summed E-state index contributed by atoms with van der Waals surface area (Å²) in [5, 5.41) is 12.2. The molecule has 0 unspecified atom stereocenters. The number of nitrogens with zero attached hydrogens (tertiary/aromatic N) is 2. The van der Waals surface area contributed by atoms with E-state index in [1.807, 2.05) is 6.07 Å². The van der Waals surface area contributed by atoms with Crippen LogP contribution in [0.4, 0.5) is 14.9 Å². The number of piperidine rings is 1. The zero-order chi connectivity index (χ0) is 13.8. The molecular weight excluding hydrogens is 247 g/mol. The van der Waals surface area contributed by atoms with Gasteiger partial charge < -0.3 is 16.0 Å². The average molecular weight is 262 g/mol. The second-order valence-corrected chi connectivity index (χ2v) is 4.55. The van der Waals surface area contributed by atoms with Gasteiger partial charge in [0.15, 0.2) is 0 Å². The molecule has 1 aliphatic rings. The highest BCUT2D eigenvalue weighted by Gasteiger charge is 2.21. The number of carbonyl (C=O) groups excluding carboxylic acids is 1. The van der Waals surface area contributed by atoms with E-state index in [0.29, 0.717) is 18.8 Å². The zero-order valence-electron chi connectivity index (χ0n) is 10.4. The fraction of sp³-hybridized carbons (Fsp3) is 0.385. The zero-order valence-corrected chi connectivity index (χ0v) is 10.4. The van der Waals surface area contributed by atoms with E-state index in [4.69, 9.17) is 11.0 Å². The van der Waals surface area contributed by atoms with E-state index in [9.17, 15) is 9.18 Å². The van der Waals surface area contributed by atoms with Crippen molar-refractivity contribution in [3.05, 3.63) is 29.6 Å². The molecule has 0 radical (unpaired) electrons. The van der Waals surface area contributed by atoms with Crippen LogP contribution in [-0.4, -0.2) is 30.1 Å². The van der Waals surface area contributed by atoms with Crippen molar-refractivity contribution in [2.75, 3.05) is 18.4 Å². The number of nitrogens with two attached hydrogens (primary N) is 1. The minimum Gasteiger partial charge on any atom is -0.381 e. The van der Waals surface area contributed by atoms with Crippen molar-refractivity contribution < 1.29 is 9.18 Å². The highest BCUT2D eigenvalue weighted by Crippen LogP contribution is 2.20. The van der Waals surface area contributed by atoms with Crippen molar-refractivity contribution in [3.63, 3.8) is 0 Å². The molecule has 1 aromatic rings. The number of nitriles is 1. The second-order valence-electron chi connectivity index (χ2n) is 4.55. The van der Waals surface area contributed by atoms with Gasteiger partial charge in [-0.05, 0) is 31.0 Å². The van der Waals surface area contributed by atoms with Gasteiger partial charge >= 0.3 is 6.03 Å². The summed E-state index contributed by atoms with van der Waals surface area (Å²) >= 11 is 0. The second kappa shape index (κ2) is 5.57. The summed E-state index contributed by atoms with van der Waals surface area (Å²) in [5.74, 6) is -0.425. The van der Waals surface area contributed by atoms with Crippen molar-refractivity contribution in [2.24, 2.45) is 5.73 Å². The third-order valence-corrected chi connectivity index (χ3v) is 3.27. The Hall–Kier alpha value is -2.29. The number of hydrogen-bond donors (Lipinski definition) is 2. The molecule has 0 spiro atoms. The lowest BCUT2D eigenvalue weighted by Gasteiger charge is -2.31. The van der Waals surface area contributed by atoms with E-state index in [-0.39, 0.29) is 11.6 Å². The molecule has 0 aliphatic carbocycles. The first-order valence-corrected chi connectivity index (χ1v) is 6.10. The van der Waals surface area contributed by atoms with Gasteiger partial charge in [-0.3, -0.25) is 0 Å². The number of halogens is 1. The maximum absolute atomic E-state index is 13.0. The van der Waals surface area contributed by atoms with E-state index < -0.39 is 11.8 Å². The summed E-state index contributed by atoms with van der Waals surface area (Å²) in [7, 11) is 0. The van der Waals surface area contributed by atoms with Gasteiger partial charge in [0.05, 0.1) is 11.3 Å². The smallest absolute Gasteiger partial charge is 0.314 e. The van der Waals surface area contributed by atoms with Crippen LogP contribution >= 0.6 is 0 Å². The van der Waals surface area contributed by atoms with Crippen LogP contribution in [0.5, 0.6) is 0 Å². The number of carbonyl (C=O) groups is 1. The summed E-state index contributed by atoms with van der Waals surface area (Å²) in [5.41, 5.74) is 6.12. The van der Waals surface area contributed by atoms with E-state index in [1.54, 1.807) is 11.0 Å². The van der Waals surface area contributed by atoms with Crippen LogP contribution in [0.25, 0.3) is 0 Å². The number of urea groups is 1. The quantitative estimate of drug-likeness (QED) is 0.850. The minimum atomic E-state index is -0.425. The van der Waals surface area contributed by atoms with Crippen molar-refractivity contribution >= 4 is 11.7 Å². The molecule has 19 heavy (non-hydrogen) atoms. The number of nitrogens with one attached hydrogen (secondary N) is 1. The number of rotatable bonds is 2. The predicted octanol–water partition coefficient (Wildman–Crippen LogP) is 1.65. The van der Waals surface area contributed by atoms with Gasteiger partial charge in [0.25, 0.3) is 0 Å². The molecule has 0 atom stereocenters. The lowest BCUT2D eigenvalue weighted by atomic mass is 10.0. The Morgan fingerprint density at radius 3 is 2.74 bits per heavy atom. The standard InChI is InChI=1S/C13H15FN4O/c14-10-1-2-12(9(7-10)8-15)17-11-3-5-18(6-4-11)13(16)19/h1-2,7,11,17H,3-6H2,(H2,16,19). The highest BCUT2D eigenvalue weighted by molar-refractivity contribution is 5.72. The summed E-state index contributed by atoms with van der Waals surface area (Å²) in [6.07, 6.45) is 1.51. The van der Waals surface area contributed by atoms with Crippen LogP contribution in [0.2, 0.25) is 0 Å². The SMILES string of the molecule is N#Cc1cc(F)ccc1NC1CCN(C(N)=O)CC1. The number of amides is 2. The Morgan fingerprint density at radius 2 is 2.16 bits per heavy atom. The first kappa shape index (κ1) is 13.1. The summed E-state index contributed by atoms with van der Waals surface area (Å²) in [6, 6.07) is 5.82. The number of anilines is 1. The van der Waals surface area contributed by atoms with Crippen LogP contribution < -0.4 is 11.1 Å². The summed E-state index contributed by atoms with van der Waals surface area (Å²) in [4.78, 5) is 12.6. The maximum atomic E-state index is 13.0. The monoisotopic (exact) mass is 262 g/mol. The molecule has 1 aliphatic heterocycles. The van der Waals surface area contributed by atoms with E-state index in [0.717, 1.165) is 12.8 Å². The Kier molecular flexibility index (Phi) is 3.85. The number of likely N-dealkylation sites (tertiary alicyclic amines) is 1. The van der Waals surface area contributed by atoms with Crippen LogP contribution in [0.15, 0.2) is 18.2 Å². The topological polar surface area (TPSA) is 82.2 Å². The predicted molar refractivity (Wildman–Crippen MR) is 68.9 cm³/mol. The molecule has 1 heterocycles. The molecule has 100 valence electrons. The maximum Gasteiger partial charge on any atom is 0.314 e. The summed E-state index contributed by atoms with van der Waals surface area (Å²) < 4.78 is 13.0. The fourth-order valence-corrected chi connectivity index (χ4v) is 2.20. The van der Waals surface area contributed by atoms with Crippen LogP contribution in [0, 0.1) is 17.1 Å². The largest absolute Gasteiger partial charge is 0.381 e. The fourth-order valence-electron chi connectivity index (χ4n) is 2.20. The minimum absolute atomic E-state index is 0.160. The van der Waals surface area contributed by atoms with Gasteiger partial charge in [-0.2, -0.15) is 5.26 Å². The highest BCUT2D eigenvalue weighted by atomic mass is 19.1. The molecule has 1 aromatic carbocycles. The van der Waals surface area contributed by atoms with Gasteiger partial charge in [0.1, 0.15) is 11.9 Å². The molecule has 1 saturated heterocycles. The Morgan fingerprint density at radius 1 is 1.47 bits per heavy atom. The lowest BCUT2D eigenvalue weighted by Crippen LogP contribution is -2.44. The molecule has 1 fully saturated rings. The first-order valence-electron chi connectivity index (χ1n) is 6.10. The Bertz CT molecular complexity index is 518. The van der Waals surface area contributed by atoms with Gasteiger partial charge in [-0.25, -0.2) is 9.18 Å². The van der Waals surface area contributed by atoms with Gasteiger partial charge in [0, 0.05) is 19.1 Å². The molecule has 0 bridgehead atoms. The molecular formula is C13H15FN4O. The van der Waals surface area contributed by atoms with Crippen LogP contribution in [0.3, 0.4) is 0 Å². The molecule has 2 amide bonds. The molecule has 2 rings (SSSR count). The van der Waals surface area contributed by atoms with Gasteiger partial charge in [-0.15, -0.1) is 0 Å². The van der Waals surface area contributed by atoms with Gasteiger partial charge in [0.2, 0.25) is 0 Å². The number of primary amides is 1. The molecule has 6 heteroatoms. The third kappa shape index (κ3) is 3.13. The van der Waals surface area contributed by atoms with E-state index in [2.05, 4.69) is 5.32 Å². The Balaban J connectivity index is 2.00. The average Bonchev–Trinajstić information content (AvgIpc) is 2.41. The Labute approximate surface area is 110 Å².